The van der Waals surface area contributed by atoms with Crippen LogP contribution in [0.2, 0.25) is 0 Å². The summed E-state index contributed by atoms with van der Waals surface area (Å²) in [6.07, 6.45) is -0.736. The Labute approximate surface area is 87.6 Å². The molecule has 0 aromatic carbocycles. The lowest BCUT2D eigenvalue weighted by atomic mass is 9.80. The first kappa shape index (κ1) is 10.6. The van der Waals surface area contributed by atoms with E-state index in [-0.39, 0.29) is 36.6 Å². The smallest absolute Gasteiger partial charge is 0.208 e. The molecule has 4 nitrogen and oxygen atoms in total. The van der Waals surface area contributed by atoms with E-state index >= 15 is 0 Å². The maximum atomic E-state index is 5.65. The molecule has 14 heavy (non-hydrogen) atoms. The molecule has 0 radical (unpaired) electrons. The van der Waals surface area contributed by atoms with Crippen LogP contribution < -0.4 is 0 Å². The summed E-state index contributed by atoms with van der Waals surface area (Å²) in [6, 6.07) is 0.224. The van der Waals surface area contributed by atoms with Gasteiger partial charge in [0, 0.05) is 24.0 Å². The van der Waals surface area contributed by atoms with Crippen LogP contribution >= 0.6 is 0 Å². The molecule has 74 valence electrons. The van der Waals surface area contributed by atoms with Crippen molar-refractivity contribution in [2.45, 2.75) is 36.6 Å². The normalized spacial score (nSPS) is 53.7. The zero-order valence-electron chi connectivity index (χ0n) is 9.10. The zero-order chi connectivity index (χ0) is 10.3. The Morgan fingerprint density at radius 2 is 0.714 bits per heavy atom. The van der Waals surface area contributed by atoms with E-state index in [0.29, 0.717) is 0 Å². The summed E-state index contributed by atoms with van der Waals surface area (Å²) in [6.45, 7) is 0. The average Bonchev–Trinajstić information content (AvgIpc) is 2.11. The highest BCUT2D eigenvalue weighted by Crippen LogP contribution is 2.25. The molecule has 2 rings (SSSR count). The van der Waals surface area contributed by atoms with Crippen molar-refractivity contribution in [3.63, 3.8) is 0 Å². The fraction of sp³-hybridized carbons (Fsp3) is 1.00. The second-order valence-corrected chi connectivity index (χ2v) is 4.10. The van der Waals surface area contributed by atoms with Crippen molar-refractivity contribution in [3.05, 3.63) is 0 Å². The van der Waals surface area contributed by atoms with Gasteiger partial charge in [0.2, 0.25) is 12.6 Å². The first-order valence-corrected chi connectivity index (χ1v) is 5.20. The highest BCUT2D eigenvalue weighted by molar-refractivity contribution is 6.21. The lowest BCUT2D eigenvalue weighted by Gasteiger charge is -2.45. The van der Waals surface area contributed by atoms with E-state index < -0.39 is 0 Å². The van der Waals surface area contributed by atoms with Crippen LogP contribution in [-0.4, -0.2) is 68.0 Å². The predicted molar refractivity (Wildman–Crippen MR) is 61.2 cm³/mol. The molecule has 0 amide bonds. The Kier molecular flexibility index (Phi) is 2.98. The van der Waals surface area contributed by atoms with E-state index in [1.807, 2.05) is 31.4 Å². The van der Waals surface area contributed by atoms with Gasteiger partial charge >= 0.3 is 0 Å². The van der Waals surface area contributed by atoms with Crippen molar-refractivity contribution in [1.29, 1.82) is 0 Å². The van der Waals surface area contributed by atoms with Crippen LogP contribution in [0.4, 0.5) is 0 Å². The van der Waals surface area contributed by atoms with Gasteiger partial charge in [-0.2, -0.15) is 0 Å². The van der Waals surface area contributed by atoms with Crippen LogP contribution in [0.3, 0.4) is 0 Å². The number of rotatable bonds is 0. The van der Waals surface area contributed by atoms with Gasteiger partial charge in [-0.1, -0.05) is 0 Å². The lowest BCUT2D eigenvalue weighted by molar-refractivity contribution is -0.376. The molecule has 2 aliphatic heterocycles. The number of hydrogen-bond acceptors (Lipinski definition) is 4. The number of ether oxygens (including phenoxy) is 4. The van der Waals surface area contributed by atoms with E-state index in [0.717, 1.165) is 0 Å². The van der Waals surface area contributed by atoms with E-state index in [2.05, 4.69) is 0 Å². The molecule has 2 aliphatic rings. The molecule has 0 spiro atoms. The minimum atomic E-state index is -0.368. The highest BCUT2D eigenvalue weighted by atomic mass is 16.8. The summed E-state index contributed by atoms with van der Waals surface area (Å²) in [5.41, 5.74) is 0. The minimum absolute atomic E-state index is 0.0560. The van der Waals surface area contributed by atoms with Gasteiger partial charge in [0.25, 0.3) is 0 Å². The predicted octanol–water partition coefficient (Wildman–Crippen LogP) is -4.43. The lowest BCUT2D eigenvalue weighted by Crippen LogP contribution is -2.59. The molecule has 0 saturated carbocycles. The van der Waals surface area contributed by atoms with Crippen molar-refractivity contribution in [3.8, 4) is 0 Å². The molecule has 2 saturated heterocycles. The first-order chi connectivity index (χ1) is 6.58. The Morgan fingerprint density at radius 1 is 0.500 bits per heavy atom. The number of fused-ring (bicyclic) bond motifs is 1. The van der Waals surface area contributed by atoms with Gasteiger partial charge in [-0.25, -0.2) is 0 Å². The molecule has 4 unspecified atom stereocenters. The van der Waals surface area contributed by atoms with Crippen LogP contribution in [0.1, 0.15) is 0 Å². The van der Waals surface area contributed by atoms with Crippen molar-refractivity contribution in [2.75, 3.05) is 0 Å². The van der Waals surface area contributed by atoms with Crippen LogP contribution in [0.5, 0.6) is 0 Å². The quantitative estimate of drug-likeness (QED) is 0.364. The summed E-state index contributed by atoms with van der Waals surface area (Å²) < 4.78 is 22.6. The summed E-state index contributed by atoms with van der Waals surface area (Å²) in [5, 5.41) is 0. The monoisotopic (exact) mass is 194 g/mol. The maximum absolute atomic E-state index is 5.65. The molecule has 2 heterocycles. The van der Waals surface area contributed by atoms with Crippen molar-refractivity contribution < 1.29 is 18.9 Å². The largest absolute Gasteiger partial charge is 0.352 e. The van der Waals surface area contributed by atoms with Gasteiger partial charge in [0.05, 0.1) is 0 Å². The van der Waals surface area contributed by atoms with E-state index in [1.54, 1.807) is 0 Å². The molecule has 0 aliphatic carbocycles. The van der Waals surface area contributed by atoms with E-state index in [4.69, 9.17) is 18.9 Å². The van der Waals surface area contributed by atoms with Crippen molar-refractivity contribution in [1.82, 2.24) is 0 Å². The Bertz CT molecular complexity index is 176. The molecule has 2 fully saturated rings. The average molecular weight is 193 g/mol. The van der Waals surface area contributed by atoms with E-state index in [1.165, 1.54) is 0 Å². The molecule has 0 aromatic heterocycles. The Balaban J connectivity index is 2.01. The second-order valence-electron chi connectivity index (χ2n) is 4.10. The number of hydrogen-bond donors (Lipinski definition) is 0. The molecule has 0 bridgehead atoms. The zero-order valence-corrected chi connectivity index (χ0v) is 9.10. The van der Waals surface area contributed by atoms with Gasteiger partial charge in [-0.15, -0.1) is 0 Å². The third-order valence-electron chi connectivity index (χ3n) is 2.94. The molecule has 4 atom stereocenters. The standard InChI is InChI=1S/C6H14B4O4/c7-1-2(8)12-6-5(11-1)13-3(9)4(10)14-6/h1-6H,7-10H2. The van der Waals surface area contributed by atoms with Gasteiger partial charge in [-0.3, -0.25) is 0 Å². The summed E-state index contributed by atoms with van der Waals surface area (Å²) in [4.78, 5) is 0. The third kappa shape index (κ3) is 1.89. The van der Waals surface area contributed by atoms with E-state index in [9.17, 15) is 0 Å². The molecule has 8 heteroatoms. The van der Waals surface area contributed by atoms with Gasteiger partial charge < -0.3 is 18.9 Å². The van der Waals surface area contributed by atoms with Gasteiger partial charge in [0.1, 0.15) is 31.4 Å². The van der Waals surface area contributed by atoms with Crippen LogP contribution in [0.25, 0.3) is 0 Å². The Hall–Kier alpha value is 0.0997. The summed E-state index contributed by atoms with van der Waals surface area (Å²) in [7, 11) is 7.92. The van der Waals surface area contributed by atoms with Gasteiger partial charge in [-0.05, 0) is 0 Å². The topological polar surface area (TPSA) is 36.9 Å². The first-order valence-electron chi connectivity index (χ1n) is 5.20. The molecular formula is C6H14B4O4. The third-order valence-corrected chi connectivity index (χ3v) is 2.94. The molecule has 0 aromatic rings. The molecule has 0 N–H and O–H groups in total. The highest BCUT2D eigenvalue weighted by Gasteiger charge is 2.41. The van der Waals surface area contributed by atoms with Crippen LogP contribution in [0.15, 0.2) is 0 Å². The second kappa shape index (κ2) is 3.93. The maximum Gasteiger partial charge on any atom is 0.208 e. The Morgan fingerprint density at radius 3 is 0.929 bits per heavy atom. The van der Waals surface area contributed by atoms with Crippen LogP contribution in [-0.2, 0) is 18.9 Å². The SMILES string of the molecule is BC1OC2OC(B)C(B)OC2OC1B. The molecular weight excluding hydrogens is 179 g/mol. The fourth-order valence-corrected chi connectivity index (χ4v) is 1.61. The fourth-order valence-electron chi connectivity index (χ4n) is 1.61. The summed E-state index contributed by atoms with van der Waals surface area (Å²) in [5.74, 6) is 0. The minimum Gasteiger partial charge on any atom is -0.352 e. The van der Waals surface area contributed by atoms with Crippen LogP contribution in [0, 0.1) is 0 Å². The van der Waals surface area contributed by atoms with Gasteiger partial charge in [0.15, 0.2) is 0 Å². The van der Waals surface area contributed by atoms with Crippen molar-refractivity contribution >= 4 is 31.4 Å². The van der Waals surface area contributed by atoms with Crippen molar-refractivity contribution in [2.24, 2.45) is 0 Å². The summed E-state index contributed by atoms with van der Waals surface area (Å²) >= 11 is 0.